The molecular formula is C20H25B2NO4. The first kappa shape index (κ1) is 21.2. The zero-order chi connectivity index (χ0) is 19.9. The molecule has 1 atom stereocenters. The molecule has 2 aromatic rings. The zero-order valence-corrected chi connectivity index (χ0v) is 16.1. The van der Waals surface area contributed by atoms with Crippen molar-refractivity contribution in [3.8, 4) is 17.2 Å². The minimum atomic E-state index is -1.69. The summed E-state index contributed by atoms with van der Waals surface area (Å²) in [6.07, 6.45) is -0.336. The van der Waals surface area contributed by atoms with Gasteiger partial charge in [0.05, 0.1) is 25.7 Å². The fourth-order valence-corrected chi connectivity index (χ4v) is 2.62. The van der Waals surface area contributed by atoms with E-state index in [9.17, 15) is 5.11 Å². The molecule has 0 aromatic heterocycles. The van der Waals surface area contributed by atoms with E-state index in [0.29, 0.717) is 23.8 Å². The molecule has 0 aliphatic rings. The van der Waals surface area contributed by atoms with Crippen LogP contribution in [0, 0.1) is 6.92 Å². The molecule has 0 aliphatic carbocycles. The summed E-state index contributed by atoms with van der Waals surface area (Å²) in [4.78, 5) is 0. The summed E-state index contributed by atoms with van der Waals surface area (Å²) >= 11 is 0. The fourth-order valence-electron chi connectivity index (χ4n) is 2.62. The van der Waals surface area contributed by atoms with Gasteiger partial charge >= 0.3 is 0 Å². The SMILES string of the molecule is [B]C([B])(Oc1cccc(C)c1)C(O)CNCCc1ccc(OC)c(OC)c1. The summed E-state index contributed by atoms with van der Waals surface area (Å²) in [5.74, 6) is 1.89. The summed E-state index contributed by atoms with van der Waals surface area (Å²) in [5, 5.41) is 11.7. The third-order valence-electron chi connectivity index (χ3n) is 4.18. The second-order valence-corrected chi connectivity index (χ2v) is 6.43. The van der Waals surface area contributed by atoms with E-state index in [1.54, 1.807) is 20.3 Å². The topological polar surface area (TPSA) is 60.0 Å². The standard InChI is InChI=1S/C20H25B2NO4/c1-14-5-4-6-16(11-14)27-20(21,22)19(24)13-23-10-9-15-7-8-17(25-2)18(12-15)26-3/h4-8,11-12,19,23-24H,9-10,13H2,1-3H3. The minimum Gasteiger partial charge on any atom is -0.504 e. The third kappa shape index (κ3) is 6.22. The van der Waals surface area contributed by atoms with E-state index in [-0.39, 0.29) is 6.54 Å². The van der Waals surface area contributed by atoms with Gasteiger partial charge in [0, 0.05) is 6.54 Å². The summed E-state index contributed by atoms with van der Waals surface area (Å²) in [6, 6.07) is 13.1. The van der Waals surface area contributed by atoms with Gasteiger partial charge in [-0.25, -0.2) is 0 Å². The Morgan fingerprint density at radius 3 is 2.48 bits per heavy atom. The van der Waals surface area contributed by atoms with Gasteiger partial charge in [-0.3, -0.25) is 0 Å². The molecule has 0 aliphatic heterocycles. The average Bonchev–Trinajstić information content (AvgIpc) is 2.64. The Hall–Kier alpha value is -2.11. The van der Waals surface area contributed by atoms with Crippen LogP contribution in [-0.4, -0.2) is 59.6 Å². The van der Waals surface area contributed by atoms with Crippen molar-refractivity contribution >= 4 is 15.7 Å². The maximum Gasteiger partial charge on any atom is 0.160 e. The van der Waals surface area contributed by atoms with E-state index in [4.69, 9.17) is 29.9 Å². The molecule has 0 spiro atoms. The van der Waals surface area contributed by atoms with Crippen LogP contribution in [0.3, 0.4) is 0 Å². The number of aryl methyl sites for hydroxylation is 1. The van der Waals surface area contributed by atoms with Crippen LogP contribution < -0.4 is 19.5 Å². The van der Waals surface area contributed by atoms with E-state index >= 15 is 0 Å². The molecule has 2 N–H and O–H groups in total. The van der Waals surface area contributed by atoms with Crippen molar-refractivity contribution in [2.24, 2.45) is 0 Å². The van der Waals surface area contributed by atoms with Gasteiger partial charge in [-0.1, -0.05) is 18.2 Å². The van der Waals surface area contributed by atoms with E-state index in [2.05, 4.69) is 5.32 Å². The highest BCUT2D eigenvalue weighted by molar-refractivity contribution is 6.39. The lowest BCUT2D eigenvalue weighted by Gasteiger charge is -2.33. The number of hydrogen-bond acceptors (Lipinski definition) is 5. The molecule has 4 radical (unpaired) electrons. The van der Waals surface area contributed by atoms with E-state index in [1.807, 2.05) is 43.3 Å². The number of aliphatic hydroxyl groups is 1. The zero-order valence-electron chi connectivity index (χ0n) is 16.1. The number of benzene rings is 2. The van der Waals surface area contributed by atoms with Crippen LogP contribution in [-0.2, 0) is 6.42 Å². The van der Waals surface area contributed by atoms with Crippen LogP contribution in [0.5, 0.6) is 17.2 Å². The largest absolute Gasteiger partial charge is 0.504 e. The molecule has 27 heavy (non-hydrogen) atoms. The van der Waals surface area contributed by atoms with Crippen molar-refractivity contribution in [2.45, 2.75) is 24.8 Å². The van der Waals surface area contributed by atoms with Crippen LogP contribution in [0.2, 0.25) is 0 Å². The average molecular weight is 365 g/mol. The Kier molecular flexibility index (Phi) is 7.63. The number of aliphatic hydroxyl groups excluding tert-OH is 1. The number of methoxy groups -OCH3 is 2. The van der Waals surface area contributed by atoms with E-state index < -0.39 is 11.5 Å². The van der Waals surface area contributed by atoms with Crippen molar-refractivity contribution in [1.29, 1.82) is 0 Å². The van der Waals surface area contributed by atoms with Gasteiger partial charge < -0.3 is 24.6 Å². The van der Waals surface area contributed by atoms with Gasteiger partial charge in [0.2, 0.25) is 0 Å². The van der Waals surface area contributed by atoms with E-state index in [0.717, 1.165) is 17.5 Å². The fraction of sp³-hybridized carbons (Fsp3) is 0.400. The molecule has 0 fully saturated rings. The highest BCUT2D eigenvalue weighted by Gasteiger charge is 2.28. The first-order valence-corrected chi connectivity index (χ1v) is 8.79. The monoisotopic (exact) mass is 365 g/mol. The van der Waals surface area contributed by atoms with Crippen LogP contribution in [0.25, 0.3) is 0 Å². The Balaban J connectivity index is 1.82. The summed E-state index contributed by atoms with van der Waals surface area (Å²) < 4.78 is 16.1. The molecule has 7 heteroatoms. The van der Waals surface area contributed by atoms with Crippen molar-refractivity contribution < 1.29 is 19.3 Å². The second kappa shape index (κ2) is 9.72. The number of ether oxygens (including phenoxy) is 3. The lowest BCUT2D eigenvalue weighted by Crippen LogP contribution is -2.53. The van der Waals surface area contributed by atoms with Gasteiger partial charge in [-0.2, -0.15) is 0 Å². The van der Waals surface area contributed by atoms with Gasteiger partial charge in [-0.05, 0) is 55.3 Å². The molecule has 5 nitrogen and oxygen atoms in total. The van der Waals surface area contributed by atoms with Crippen LogP contribution >= 0.6 is 0 Å². The first-order chi connectivity index (χ1) is 12.9. The summed E-state index contributed by atoms with van der Waals surface area (Å²) in [5.41, 5.74) is 2.10. The van der Waals surface area contributed by atoms with Gasteiger partial charge in [-0.15, -0.1) is 0 Å². The molecule has 1 unspecified atom stereocenters. The van der Waals surface area contributed by atoms with Gasteiger partial charge in [0.25, 0.3) is 0 Å². The van der Waals surface area contributed by atoms with Crippen LogP contribution in [0.1, 0.15) is 11.1 Å². The smallest absolute Gasteiger partial charge is 0.160 e. The number of hydrogen-bond donors (Lipinski definition) is 2. The van der Waals surface area contributed by atoms with Crippen molar-refractivity contribution in [1.82, 2.24) is 5.32 Å². The summed E-state index contributed by atoms with van der Waals surface area (Å²) in [6.45, 7) is 2.77. The normalized spacial score (nSPS) is 12.4. The Labute approximate surface area is 163 Å². The number of rotatable bonds is 10. The van der Waals surface area contributed by atoms with Crippen LogP contribution in [0.4, 0.5) is 0 Å². The maximum atomic E-state index is 10.3. The molecule has 0 saturated carbocycles. The molecule has 0 saturated heterocycles. The lowest BCUT2D eigenvalue weighted by molar-refractivity contribution is 0.0568. The molecule has 0 amide bonds. The van der Waals surface area contributed by atoms with Crippen molar-refractivity contribution in [3.63, 3.8) is 0 Å². The minimum absolute atomic E-state index is 0.201. The quantitative estimate of drug-likeness (QED) is 0.495. The third-order valence-corrected chi connectivity index (χ3v) is 4.18. The van der Waals surface area contributed by atoms with Crippen molar-refractivity contribution in [3.05, 3.63) is 53.6 Å². The molecule has 140 valence electrons. The predicted octanol–water partition coefficient (Wildman–Crippen LogP) is 1.58. The second-order valence-electron chi connectivity index (χ2n) is 6.43. The molecule has 0 bridgehead atoms. The highest BCUT2D eigenvalue weighted by atomic mass is 16.5. The Bertz CT molecular complexity index is 740. The maximum absolute atomic E-state index is 10.3. The van der Waals surface area contributed by atoms with Crippen LogP contribution in [0.15, 0.2) is 42.5 Å². The lowest BCUT2D eigenvalue weighted by atomic mass is 9.61. The van der Waals surface area contributed by atoms with E-state index in [1.165, 1.54) is 0 Å². The summed E-state index contributed by atoms with van der Waals surface area (Å²) in [7, 11) is 15.1. The Morgan fingerprint density at radius 1 is 1.07 bits per heavy atom. The molecular weight excluding hydrogens is 340 g/mol. The van der Waals surface area contributed by atoms with Gasteiger partial charge in [0.1, 0.15) is 21.4 Å². The number of nitrogens with one attached hydrogen (secondary N) is 1. The predicted molar refractivity (Wildman–Crippen MR) is 108 cm³/mol. The molecule has 2 aromatic carbocycles. The highest BCUT2D eigenvalue weighted by Crippen LogP contribution is 2.27. The first-order valence-electron chi connectivity index (χ1n) is 8.79. The van der Waals surface area contributed by atoms with Gasteiger partial charge in [0.15, 0.2) is 11.5 Å². The molecule has 2 rings (SSSR count). The van der Waals surface area contributed by atoms with Crippen molar-refractivity contribution in [2.75, 3.05) is 27.3 Å². The Morgan fingerprint density at radius 2 is 1.81 bits per heavy atom. The molecule has 0 heterocycles.